The van der Waals surface area contributed by atoms with Gasteiger partial charge >= 0.3 is 5.97 Å². The van der Waals surface area contributed by atoms with Crippen LogP contribution >= 0.6 is 0 Å². The number of hydrogen-bond donors (Lipinski definition) is 4. The lowest BCUT2D eigenvalue weighted by atomic mass is 10.1. The Kier molecular flexibility index (Phi) is 5.76. The van der Waals surface area contributed by atoms with E-state index in [1.807, 2.05) is 24.3 Å². The molecule has 0 saturated carbocycles. The Morgan fingerprint density at radius 3 is 2.38 bits per heavy atom. The first-order valence-corrected chi connectivity index (χ1v) is 9.08. The van der Waals surface area contributed by atoms with Crippen molar-refractivity contribution >= 4 is 32.5 Å². The smallest absolute Gasteiger partial charge is 0.320 e. The molecule has 130 valence electrons. The molecule has 0 saturated heterocycles. The summed E-state index contributed by atoms with van der Waals surface area (Å²) < 4.78 is 25.7. The van der Waals surface area contributed by atoms with Crippen LogP contribution < -0.4 is 16.2 Å². The van der Waals surface area contributed by atoms with Crippen LogP contribution in [0.2, 0.25) is 0 Å². The van der Waals surface area contributed by atoms with Gasteiger partial charge in [-0.1, -0.05) is 30.7 Å². The van der Waals surface area contributed by atoms with Crippen molar-refractivity contribution in [1.82, 2.24) is 0 Å². The summed E-state index contributed by atoms with van der Waals surface area (Å²) in [6.45, 7) is 0.604. The van der Waals surface area contributed by atoms with Gasteiger partial charge in [0.2, 0.25) is 0 Å². The van der Waals surface area contributed by atoms with E-state index in [1.165, 1.54) is 0 Å². The van der Waals surface area contributed by atoms with E-state index in [0.29, 0.717) is 23.5 Å². The van der Waals surface area contributed by atoms with E-state index in [4.69, 9.17) is 16.6 Å². The van der Waals surface area contributed by atoms with Crippen molar-refractivity contribution in [2.75, 3.05) is 11.3 Å². The van der Waals surface area contributed by atoms with Crippen LogP contribution in [0, 0.1) is 0 Å². The second-order valence-corrected chi connectivity index (χ2v) is 7.14. The van der Waals surface area contributed by atoms with Crippen LogP contribution in [0.1, 0.15) is 19.3 Å². The Labute approximate surface area is 140 Å². The SMILES string of the molecule is NCCCC[C@H](N)C(=O)O.O=S1(=O)Nc2ccc1c1ccccc21. The minimum Gasteiger partial charge on any atom is -0.480 e. The van der Waals surface area contributed by atoms with Crippen molar-refractivity contribution in [3.8, 4) is 0 Å². The first-order valence-electron chi connectivity index (χ1n) is 7.60. The summed E-state index contributed by atoms with van der Waals surface area (Å²) in [5.41, 5.74) is 11.1. The third-order valence-corrected chi connectivity index (χ3v) is 5.13. The largest absolute Gasteiger partial charge is 0.480 e. The predicted octanol–water partition coefficient (Wildman–Crippen LogP) is 1.48. The van der Waals surface area contributed by atoms with Gasteiger partial charge in [0.1, 0.15) is 6.04 Å². The average Bonchev–Trinajstić information content (AvgIpc) is 2.55. The van der Waals surface area contributed by atoms with E-state index in [9.17, 15) is 13.2 Å². The van der Waals surface area contributed by atoms with E-state index >= 15 is 0 Å². The van der Waals surface area contributed by atoms with Gasteiger partial charge in [0.15, 0.2) is 0 Å². The van der Waals surface area contributed by atoms with Crippen LogP contribution in [0.4, 0.5) is 5.69 Å². The molecule has 0 amide bonds. The first kappa shape index (κ1) is 18.2. The fourth-order valence-corrected chi connectivity index (χ4v) is 3.72. The van der Waals surface area contributed by atoms with E-state index in [2.05, 4.69) is 4.72 Å². The standard InChI is InChI=1S/C10H7NO2S.C6H14N2O2/c12-14(13)10-6-5-9(11-14)7-3-1-2-4-8(7)10;7-4-2-1-3-5(8)6(9)10/h1-6,11H;5H,1-4,7-8H2,(H,9,10)/t;5-/m.0/s1. The molecular formula is C16H21N3O4S. The Hall–Kier alpha value is -2.16. The van der Waals surface area contributed by atoms with Crippen molar-refractivity contribution in [2.24, 2.45) is 11.5 Å². The number of sulfonamides is 1. The highest BCUT2D eigenvalue weighted by atomic mass is 32.2. The van der Waals surface area contributed by atoms with E-state index in [1.54, 1.807) is 12.1 Å². The molecule has 24 heavy (non-hydrogen) atoms. The summed E-state index contributed by atoms with van der Waals surface area (Å²) in [5, 5.41) is 10.1. The quantitative estimate of drug-likeness (QED) is 0.603. The molecule has 0 aromatic heterocycles. The normalized spacial score (nSPS) is 15.2. The first-order chi connectivity index (χ1) is 11.4. The molecule has 4 rings (SSSR count). The van der Waals surface area contributed by atoms with E-state index in [-0.39, 0.29) is 0 Å². The van der Waals surface area contributed by atoms with Crippen molar-refractivity contribution in [3.05, 3.63) is 36.4 Å². The van der Waals surface area contributed by atoms with Crippen molar-refractivity contribution in [2.45, 2.75) is 30.2 Å². The van der Waals surface area contributed by atoms with Gasteiger partial charge in [-0.3, -0.25) is 9.52 Å². The molecule has 2 aromatic rings. The maximum absolute atomic E-state index is 11.6. The fraction of sp³-hybridized carbons (Fsp3) is 0.312. The highest BCUT2D eigenvalue weighted by Crippen LogP contribution is 2.35. The second kappa shape index (κ2) is 7.61. The number of unbranched alkanes of at least 4 members (excludes halogenated alkanes) is 1. The summed E-state index contributed by atoms with van der Waals surface area (Å²) in [7, 11) is -3.29. The fourth-order valence-electron chi connectivity index (χ4n) is 2.43. The zero-order chi connectivity index (χ0) is 17.7. The van der Waals surface area contributed by atoms with Crippen molar-refractivity contribution < 1.29 is 18.3 Å². The van der Waals surface area contributed by atoms with Gasteiger partial charge in [0.05, 0.1) is 10.6 Å². The average molecular weight is 351 g/mol. The lowest BCUT2D eigenvalue weighted by molar-refractivity contribution is -0.138. The number of nitrogens with two attached hydrogens (primary N) is 2. The molecule has 1 atom stereocenters. The molecule has 2 aliphatic heterocycles. The summed E-state index contributed by atoms with van der Waals surface area (Å²) in [4.78, 5) is 10.5. The lowest BCUT2D eigenvalue weighted by Crippen LogP contribution is -2.29. The Morgan fingerprint density at radius 2 is 1.79 bits per heavy atom. The van der Waals surface area contributed by atoms with E-state index < -0.39 is 22.0 Å². The molecule has 8 heteroatoms. The number of anilines is 1. The van der Waals surface area contributed by atoms with Crippen LogP contribution in [-0.4, -0.2) is 32.1 Å². The monoisotopic (exact) mass is 351 g/mol. The van der Waals surface area contributed by atoms with Crippen LogP contribution in [0.15, 0.2) is 41.3 Å². The maximum atomic E-state index is 11.6. The maximum Gasteiger partial charge on any atom is 0.320 e. The minimum atomic E-state index is -3.29. The van der Waals surface area contributed by atoms with Crippen LogP contribution in [0.5, 0.6) is 0 Å². The number of benzene rings is 2. The number of aliphatic carboxylic acids is 1. The summed E-state index contributed by atoms with van der Waals surface area (Å²) in [6, 6.07) is 10.2. The van der Waals surface area contributed by atoms with Gasteiger partial charge in [-0.25, -0.2) is 8.42 Å². The molecule has 0 spiro atoms. The molecule has 2 aromatic carbocycles. The van der Waals surface area contributed by atoms with Gasteiger partial charge < -0.3 is 16.6 Å². The van der Waals surface area contributed by atoms with E-state index in [0.717, 1.165) is 23.6 Å². The highest BCUT2D eigenvalue weighted by Gasteiger charge is 2.24. The third-order valence-electron chi connectivity index (χ3n) is 3.70. The minimum absolute atomic E-state index is 0.364. The topological polar surface area (TPSA) is 136 Å². The molecule has 2 heterocycles. The zero-order valence-corrected chi connectivity index (χ0v) is 13.9. The Balaban J connectivity index is 0.000000187. The van der Waals surface area contributed by atoms with Crippen LogP contribution in [0.3, 0.4) is 0 Å². The molecule has 0 radical (unpaired) electrons. The van der Waals surface area contributed by atoms with Crippen molar-refractivity contribution in [1.29, 1.82) is 0 Å². The van der Waals surface area contributed by atoms with Crippen molar-refractivity contribution in [3.63, 3.8) is 0 Å². The van der Waals surface area contributed by atoms with Crippen LogP contribution in [-0.2, 0) is 14.8 Å². The third kappa shape index (κ3) is 4.02. The van der Waals surface area contributed by atoms with Gasteiger partial charge in [-0.05, 0) is 31.5 Å². The number of fused-ring (bicyclic) bond motifs is 2. The predicted molar refractivity (Wildman–Crippen MR) is 93.3 cm³/mol. The number of hydrogen-bond acceptors (Lipinski definition) is 5. The number of carbonyl (C=O) groups is 1. The molecule has 0 aliphatic carbocycles. The van der Waals surface area contributed by atoms with Gasteiger partial charge in [0.25, 0.3) is 10.0 Å². The number of nitrogens with one attached hydrogen (secondary N) is 1. The number of rotatable bonds is 5. The number of carboxylic acid groups (broad SMARTS) is 1. The van der Waals surface area contributed by atoms with Gasteiger partial charge in [-0.2, -0.15) is 0 Å². The molecule has 0 unspecified atom stereocenters. The van der Waals surface area contributed by atoms with Gasteiger partial charge in [-0.15, -0.1) is 0 Å². The number of carboxylic acids is 1. The zero-order valence-electron chi connectivity index (χ0n) is 13.1. The Morgan fingerprint density at radius 1 is 1.12 bits per heavy atom. The molecular weight excluding hydrogens is 330 g/mol. The summed E-state index contributed by atoms with van der Waals surface area (Å²) in [6.07, 6.45) is 2.16. The lowest BCUT2D eigenvalue weighted by Gasteiger charge is -2.19. The van der Waals surface area contributed by atoms with Gasteiger partial charge in [0, 0.05) is 10.8 Å². The molecule has 0 fully saturated rings. The molecule has 6 N–H and O–H groups in total. The summed E-state index contributed by atoms with van der Waals surface area (Å²) in [5.74, 6) is -0.933. The molecule has 7 nitrogen and oxygen atoms in total. The summed E-state index contributed by atoms with van der Waals surface area (Å²) >= 11 is 0. The molecule has 2 aliphatic rings. The second-order valence-electron chi connectivity index (χ2n) is 5.49. The highest BCUT2D eigenvalue weighted by molar-refractivity contribution is 7.93. The molecule has 2 bridgehead atoms. The van der Waals surface area contributed by atoms with Crippen LogP contribution in [0.25, 0.3) is 10.8 Å². The Bertz CT molecular complexity index is 836.